The van der Waals surface area contributed by atoms with Gasteiger partial charge in [0, 0.05) is 13.6 Å². The predicted molar refractivity (Wildman–Crippen MR) is 81.0 cm³/mol. The number of benzene rings is 1. The Labute approximate surface area is 133 Å². The fourth-order valence-corrected chi connectivity index (χ4v) is 4.11. The highest BCUT2D eigenvalue weighted by atomic mass is 32.2. The summed E-state index contributed by atoms with van der Waals surface area (Å²) in [5.41, 5.74) is 0. The molecular formula is C13H15FN2O5S2. The van der Waals surface area contributed by atoms with Gasteiger partial charge in [-0.2, -0.15) is 8.42 Å². The monoisotopic (exact) mass is 362 g/mol. The van der Waals surface area contributed by atoms with Crippen molar-refractivity contribution >= 4 is 20.0 Å². The summed E-state index contributed by atoms with van der Waals surface area (Å²) in [6, 6.07) is 7.20. The highest BCUT2D eigenvalue weighted by molar-refractivity contribution is 7.91. The van der Waals surface area contributed by atoms with Crippen LogP contribution in [0, 0.1) is 5.82 Å². The molecule has 0 bridgehead atoms. The van der Waals surface area contributed by atoms with Gasteiger partial charge < -0.3 is 4.42 Å². The Morgan fingerprint density at radius 3 is 2.30 bits per heavy atom. The van der Waals surface area contributed by atoms with E-state index in [1.165, 1.54) is 25.4 Å². The summed E-state index contributed by atoms with van der Waals surface area (Å²) in [4.78, 5) is -0.135. The van der Waals surface area contributed by atoms with Crippen LogP contribution < -0.4 is 9.44 Å². The van der Waals surface area contributed by atoms with Gasteiger partial charge in [-0.3, -0.25) is 0 Å². The largest absolute Gasteiger partial charge is 0.468 e. The molecule has 1 unspecified atom stereocenters. The first-order valence-corrected chi connectivity index (χ1v) is 9.50. The van der Waals surface area contributed by atoms with Crippen molar-refractivity contribution < 1.29 is 25.6 Å². The van der Waals surface area contributed by atoms with Gasteiger partial charge in [0.1, 0.15) is 16.8 Å². The van der Waals surface area contributed by atoms with E-state index in [2.05, 4.69) is 4.72 Å². The van der Waals surface area contributed by atoms with Crippen molar-refractivity contribution in [3.05, 3.63) is 54.2 Å². The van der Waals surface area contributed by atoms with Crippen LogP contribution in [0.5, 0.6) is 0 Å². The Morgan fingerprint density at radius 1 is 1.13 bits per heavy atom. The van der Waals surface area contributed by atoms with Crippen LogP contribution in [0.2, 0.25) is 0 Å². The van der Waals surface area contributed by atoms with Gasteiger partial charge in [-0.25, -0.2) is 22.3 Å². The molecule has 0 aliphatic rings. The molecule has 1 aromatic heterocycles. The molecule has 0 radical (unpaired) electrons. The second kappa shape index (κ2) is 6.79. The van der Waals surface area contributed by atoms with Crippen LogP contribution >= 0.6 is 0 Å². The van der Waals surface area contributed by atoms with Crippen molar-refractivity contribution in [1.29, 1.82) is 0 Å². The van der Waals surface area contributed by atoms with Crippen molar-refractivity contribution in [2.24, 2.45) is 0 Å². The van der Waals surface area contributed by atoms with E-state index in [0.29, 0.717) is 0 Å². The Balaban J connectivity index is 2.39. The van der Waals surface area contributed by atoms with E-state index in [4.69, 9.17) is 4.42 Å². The number of hydrogen-bond donors (Lipinski definition) is 2. The summed E-state index contributed by atoms with van der Waals surface area (Å²) >= 11 is 0. The Morgan fingerprint density at radius 2 is 1.78 bits per heavy atom. The van der Waals surface area contributed by atoms with Gasteiger partial charge in [-0.1, -0.05) is 0 Å². The number of nitrogens with one attached hydrogen (secondary N) is 2. The lowest BCUT2D eigenvalue weighted by Crippen LogP contribution is -2.38. The smallest absolute Gasteiger partial charge is 0.276 e. The van der Waals surface area contributed by atoms with Crippen molar-refractivity contribution in [2.75, 3.05) is 13.6 Å². The van der Waals surface area contributed by atoms with E-state index in [1.807, 2.05) is 4.72 Å². The minimum absolute atomic E-state index is 0.0770. The summed E-state index contributed by atoms with van der Waals surface area (Å²) in [5.74, 6) is -0.498. The van der Waals surface area contributed by atoms with Gasteiger partial charge >= 0.3 is 0 Å². The molecule has 1 heterocycles. The zero-order valence-corrected chi connectivity index (χ0v) is 13.7. The Hall–Kier alpha value is -1.75. The normalized spacial score (nSPS) is 13.8. The molecule has 0 spiro atoms. The van der Waals surface area contributed by atoms with Crippen LogP contribution in [-0.2, 0) is 20.0 Å². The minimum atomic E-state index is -3.99. The van der Waals surface area contributed by atoms with Gasteiger partial charge in [0.05, 0.1) is 11.2 Å². The number of sulfone groups is 1. The van der Waals surface area contributed by atoms with Crippen molar-refractivity contribution in [3.63, 3.8) is 0 Å². The topological polar surface area (TPSA) is 105 Å². The molecule has 7 nitrogen and oxygen atoms in total. The maximum absolute atomic E-state index is 13.0. The molecule has 0 amide bonds. The number of halogens is 1. The van der Waals surface area contributed by atoms with E-state index < -0.39 is 37.7 Å². The zero-order chi connectivity index (χ0) is 17.1. The van der Waals surface area contributed by atoms with E-state index in [-0.39, 0.29) is 10.7 Å². The molecule has 0 saturated heterocycles. The van der Waals surface area contributed by atoms with Crippen LogP contribution in [0.15, 0.2) is 52.0 Å². The maximum Gasteiger partial charge on any atom is 0.276 e. The van der Waals surface area contributed by atoms with E-state index in [9.17, 15) is 21.2 Å². The molecule has 0 aliphatic heterocycles. The summed E-state index contributed by atoms with van der Waals surface area (Å²) in [5, 5.41) is -1.29. The fourth-order valence-electron chi connectivity index (χ4n) is 1.88. The van der Waals surface area contributed by atoms with Gasteiger partial charge in [-0.05, 0) is 36.4 Å². The average molecular weight is 362 g/mol. The molecule has 10 heteroatoms. The summed E-state index contributed by atoms with van der Waals surface area (Å²) in [7, 11) is -6.61. The average Bonchev–Trinajstić information content (AvgIpc) is 3.01. The minimum Gasteiger partial charge on any atom is -0.468 e. The standard InChI is InChI=1S/C13H15FN2O5S2/c1-15-23(19,20)16-9-13(12-3-2-8-21-12)22(17,18)11-6-4-10(14)5-7-11/h2-8,13,15-16H,9H2,1H3. The molecule has 1 atom stereocenters. The first-order valence-electron chi connectivity index (χ1n) is 6.47. The lowest BCUT2D eigenvalue weighted by atomic mass is 10.3. The Bertz CT molecular complexity index is 846. The highest BCUT2D eigenvalue weighted by Gasteiger charge is 2.32. The maximum atomic E-state index is 13.0. The molecule has 23 heavy (non-hydrogen) atoms. The van der Waals surface area contributed by atoms with Crippen molar-refractivity contribution in [2.45, 2.75) is 10.1 Å². The first-order chi connectivity index (χ1) is 10.8. The van der Waals surface area contributed by atoms with Crippen LogP contribution in [0.4, 0.5) is 4.39 Å². The first kappa shape index (κ1) is 17.6. The van der Waals surface area contributed by atoms with Gasteiger partial charge in [0.2, 0.25) is 0 Å². The summed E-state index contributed by atoms with van der Waals surface area (Å²) < 4.78 is 70.7. The molecule has 2 aromatic rings. The molecule has 0 aliphatic carbocycles. The third kappa shape index (κ3) is 4.16. The zero-order valence-electron chi connectivity index (χ0n) is 12.1. The Kier molecular flexibility index (Phi) is 5.19. The molecule has 1 aromatic carbocycles. The molecule has 126 valence electrons. The highest BCUT2D eigenvalue weighted by Crippen LogP contribution is 2.29. The van der Waals surface area contributed by atoms with E-state index in [1.54, 1.807) is 0 Å². The molecule has 2 N–H and O–H groups in total. The molecule has 0 saturated carbocycles. The second-order valence-electron chi connectivity index (χ2n) is 4.56. The number of hydrogen-bond acceptors (Lipinski definition) is 5. The van der Waals surface area contributed by atoms with Crippen LogP contribution in [-0.4, -0.2) is 30.4 Å². The summed E-state index contributed by atoms with van der Waals surface area (Å²) in [6.45, 7) is -0.434. The quantitative estimate of drug-likeness (QED) is 0.715. The lowest BCUT2D eigenvalue weighted by molar-refractivity contribution is 0.486. The van der Waals surface area contributed by atoms with Crippen LogP contribution in [0.3, 0.4) is 0 Å². The molecular weight excluding hydrogens is 347 g/mol. The third-order valence-corrected chi connectivity index (χ3v) is 6.27. The van der Waals surface area contributed by atoms with Crippen molar-refractivity contribution in [1.82, 2.24) is 9.44 Å². The van der Waals surface area contributed by atoms with Gasteiger partial charge in [-0.15, -0.1) is 0 Å². The van der Waals surface area contributed by atoms with Gasteiger partial charge in [0.25, 0.3) is 10.2 Å². The van der Waals surface area contributed by atoms with Gasteiger partial charge in [0.15, 0.2) is 9.84 Å². The molecule has 2 rings (SSSR count). The second-order valence-corrected chi connectivity index (χ2v) is 8.39. The van der Waals surface area contributed by atoms with E-state index >= 15 is 0 Å². The van der Waals surface area contributed by atoms with Crippen molar-refractivity contribution in [3.8, 4) is 0 Å². The fraction of sp³-hybridized carbons (Fsp3) is 0.231. The number of furan rings is 1. The SMILES string of the molecule is CNS(=O)(=O)NCC(c1ccco1)S(=O)(=O)c1ccc(F)cc1. The number of rotatable bonds is 7. The van der Waals surface area contributed by atoms with Crippen LogP contribution in [0.25, 0.3) is 0 Å². The predicted octanol–water partition coefficient (Wildman–Crippen LogP) is 0.987. The third-order valence-electron chi connectivity index (χ3n) is 3.10. The van der Waals surface area contributed by atoms with Crippen LogP contribution in [0.1, 0.15) is 11.0 Å². The lowest BCUT2D eigenvalue weighted by Gasteiger charge is -2.16. The summed E-state index contributed by atoms with van der Waals surface area (Å²) in [6.07, 6.45) is 1.29. The molecule has 0 fully saturated rings. The van der Waals surface area contributed by atoms with E-state index in [0.717, 1.165) is 24.3 Å².